The number of hydrogen-bond donors (Lipinski definition) is 4. The fourth-order valence-corrected chi connectivity index (χ4v) is 14.5. The zero-order chi connectivity index (χ0) is 70.6. The van der Waals surface area contributed by atoms with Crippen molar-refractivity contribution in [1.82, 2.24) is 21.9 Å². The van der Waals surface area contributed by atoms with Crippen LogP contribution in [0.25, 0.3) is 50.4 Å². The summed E-state index contributed by atoms with van der Waals surface area (Å²) in [6, 6.07) is 45.7. The van der Waals surface area contributed by atoms with E-state index in [9.17, 15) is 33.6 Å². The Balaban J connectivity index is 0.000000157. The number of aromatic nitrogens is 5. The number of alkyl halides is 1. The zero-order valence-corrected chi connectivity index (χ0v) is 62.7. The van der Waals surface area contributed by atoms with Crippen LogP contribution < -0.4 is 5.73 Å². The van der Waals surface area contributed by atoms with E-state index in [1.807, 2.05) is 72.8 Å². The number of ether oxygens (including phenoxy) is 1. The highest BCUT2D eigenvalue weighted by molar-refractivity contribution is 8.16. The first kappa shape index (κ1) is 78.5. The predicted octanol–water partition coefficient (Wildman–Crippen LogP) is 21.1. The minimum absolute atomic E-state index is 0.0274. The van der Waals surface area contributed by atoms with Gasteiger partial charge in [-0.25, -0.2) is 9.59 Å². The van der Waals surface area contributed by atoms with Gasteiger partial charge >= 0.3 is 11.9 Å². The number of rotatable bonds is 7. The van der Waals surface area contributed by atoms with E-state index < -0.39 is 39.1 Å². The number of hydrogen-bond acceptors (Lipinski definition) is 22. The normalized spacial score (nSPS) is 10.9. The number of aliphatic hydroxyl groups excluding tert-OH is 1. The number of carbonyl (C=O) groups is 7. The minimum Gasteiger partial charge on any atom is -0.476 e. The number of thiol groups is 1. The van der Waals surface area contributed by atoms with Gasteiger partial charge in [-0.3, -0.25) is 24.0 Å². The number of carboxylic acids is 1. The molecule has 0 saturated heterocycles. The molecule has 4 N–H and O–H groups in total. The summed E-state index contributed by atoms with van der Waals surface area (Å²) in [4.78, 5) is 78.4. The highest BCUT2D eigenvalue weighted by atomic mass is 35.5. The number of primary amides is 1. The third-order valence-corrected chi connectivity index (χ3v) is 20.8. The lowest BCUT2D eigenvalue weighted by atomic mass is 10.1. The molecule has 14 rings (SSSR count). The van der Waals surface area contributed by atoms with Crippen molar-refractivity contribution >= 4 is 299 Å². The molecule has 0 fully saturated rings. The van der Waals surface area contributed by atoms with Crippen LogP contribution in [0.15, 0.2) is 172 Å². The topological polar surface area (TPSA) is 260 Å². The van der Waals surface area contributed by atoms with Crippen LogP contribution in [-0.4, -0.2) is 78.3 Å². The summed E-state index contributed by atoms with van der Waals surface area (Å²) in [5.74, 6) is -1.97. The average molecular weight is 1650 g/mol. The van der Waals surface area contributed by atoms with E-state index in [1.54, 1.807) is 78.9 Å². The molecule has 0 radical (unpaired) electrons. The van der Waals surface area contributed by atoms with Crippen LogP contribution >= 0.6 is 210 Å². The number of fused-ring (bicyclic) bond motifs is 6. The molecule has 498 valence electrons. The monoisotopic (exact) mass is 1640 g/mol. The summed E-state index contributed by atoms with van der Waals surface area (Å²) in [7, 11) is 1.33. The van der Waals surface area contributed by atoms with Crippen molar-refractivity contribution in [2.24, 2.45) is 5.73 Å². The van der Waals surface area contributed by atoms with Crippen LogP contribution in [0.4, 0.5) is 0 Å². The Labute approximate surface area is 635 Å². The first-order valence-corrected chi connectivity index (χ1v) is 36.3. The van der Waals surface area contributed by atoms with Crippen molar-refractivity contribution in [2.45, 2.75) is 27.2 Å². The fourth-order valence-electron chi connectivity index (χ4n) is 7.56. The number of esters is 1. The number of methoxy groups -OCH3 is 1. The molecule has 97 heavy (non-hydrogen) atoms. The number of aliphatic hydroxyl groups is 1. The van der Waals surface area contributed by atoms with Crippen molar-refractivity contribution in [3.63, 3.8) is 0 Å². The molecule has 13 aromatic rings. The van der Waals surface area contributed by atoms with Crippen molar-refractivity contribution in [1.29, 1.82) is 0 Å². The lowest BCUT2D eigenvalue weighted by molar-refractivity contribution is -0.126. The highest BCUT2D eigenvalue weighted by Gasteiger charge is 2.29. The number of nitrogens with two attached hydrogens (primary N) is 1. The molecule has 0 atom stereocenters. The van der Waals surface area contributed by atoms with Crippen molar-refractivity contribution in [2.75, 3.05) is 7.11 Å². The van der Waals surface area contributed by atoms with Gasteiger partial charge in [0.2, 0.25) is 5.78 Å². The van der Waals surface area contributed by atoms with E-state index in [0.29, 0.717) is 73.8 Å². The molecule has 0 saturated carbocycles. The maximum absolute atomic E-state index is 11.3. The van der Waals surface area contributed by atoms with Gasteiger partial charge in [-0.05, 0) is 251 Å². The number of Topliss-reactive ketones (excluding diaryl/α,β-unsaturated/α-hetero) is 1. The van der Waals surface area contributed by atoms with Crippen molar-refractivity contribution in [3.8, 4) is 0 Å². The Bertz CT molecular complexity index is 4830. The molecule has 16 nitrogen and oxygen atoms in total. The summed E-state index contributed by atoms with van der Waals surface area (Å²) >= 11 is 68.8. The molecule has 8 aromatic carbocycles. The van der Waals surface area contributed by atoms with Gasteiger partial charge < -0.3 is 20.7 Å². The second kappa shape index (κ2) is 38.1. The molecule has 6 heterocycles. The van der Waals surface area contributed by atoms with Crippen LogP contribution in [0.1, 0.15) is 53.2 Å². The summed E-state index contributed by atoms with van der Waals surface area (Å²) in [5.41, 5.74) is 7.88. The van der Waals surface area contributed by atoms with Crippen LogP contribution in [0.3, 0.4) is 0 Å². The number of aromatic carboxylic acids is 1. The molecular formula is C63H38Cl10N6O10S8. The highest BCUT2D eigenvalue weighted by Crippen LogP contribution is 2.35. The summed E-state index contributed by atoms with van der Waals surface area (Å²) < 4.78 is 29.5. The fraction of sp³-hybridized carbons (Fsp3) is 0.0476. The number of halogens is 10. The second-order valence-corrected chi connectivity index (χ2v) is 29.2. The number of amides is 1. The van der Waals surface area contributed by atoms with Gasteiger partial charge in [-0.15, -0.1) is 24.2 Å². The van der Waals surface area contributed by atoms with Crippen molar-refractivity contribution in [3.05, 3.63) is 232 Å². The molecule has 0 bridgehead atoms. The Morgan fingerprint density at radius 1 is 0.505 bits per heavy atom. The Kier molecular flexibility index (Phi) is 30.9. The number of benzene rings is 8. The Hall–Kier alpha value is -5.79. The van der Waals surface area contributed by atoms with Crippen LogP contribution in [0.5, 0.6) is 0 Å². The van der Waals surface area contributed by atoms with Crippen LogP contribution in [-0.2, 0) is 31.6 Å². The van der Waals surface area contributed by atoms with E-state index in [4.69, 9.17) is 132 Å². The van der Waals surface area contributed by atoms with Gasteiger partial charge in [-0.1, -0.05) is 92.8 Å². The first-order chi connectivity index (χ1) is 46.3. The standard InChI is InChI=1S/C9H6ClNO2S.C8H5Cl2NS.C8H4Cl2O2S.C8H5ClN2OS.C8H4ClNO2S.C8H6ClNOS.C8H3ClO2S.C6H5ClS/c1-13-9(12)8-6-4-5(10)2-3-7(6)14-11-8;9-4-7-6-3-5(10)1-2-8(6)12-11-7;9-5-1-3-6(4-2-5)13-8(12)7(10)11;9-4-1-2-6-5(3-4)7(8(10)12)11-13-6;9-4-1-2-6-5(3-4)7(8(11)12)10-13-6;9-5-1-2-8-6(3-5)7(4-11)10-12-8;9-4-1-2-6-5(3-4)7(10)8(11)12-6;7-5-1-3-6(8)4-2-5/h2-4H,1H3;1-3H,4H2;1-4H;1-3H,(H2,10,12);1-3H,(H,11,12);1-3,11H,4H2;1-3H;1-4,8H. The molecule has 0 unspecified atom stereocenters. The van der Waals surface area contributed by atoms with Gasteiger partial charge in [0.1, 0.15) is 5.69 Å². The second-order valence-electron chi connectivity index (χ2n) is 18.5. The van der Waals surface area contributed by atoms with Gasteiger partial charge in [0.05, 0.1) is 54.5 Å². The smallest absolute Gasteiger partial charge is 0.358 e. The Morgan fingerprint density at radius 3 is 1.31 bits per heavy atom. The summed E-state index contributed by atoms with van der Waals surface area (Å²) in [6.45, 7) is -0.0274. The SMILES string of the molecule is COC(=O)c1nsc2ccc(Cl)cc12.ClCc1nsc2ccc(Cl)cc12.NC(=O)c1nsc2ccc(Cl)cc12.O=C(Cl)C(=O)Sc1ccc(Cl)cc1.O=C(O)c1nsc2ccc(Cl)cc12.O=C1Sc2ccc(Cl)cc2C1=O.OCc1nsc2ccc(Cl)cc12.Sc1ccc(Cl)cc1. The van der Waals surface area contributed by atoms with E-state index in [-0.39, 0.29) is 12.3 Å². The Morgan fingerprint density at radius 2 is 0.876 bits per heavy atom. The van der Waals surface area contributed by atoms with Gasteiger partial charge in [-0.2, -0.15) is 21.9 Å². The van der Waals surface area contributed by atoms with E-state index >= 15 is 0 Å². The number of thioether (sulfide) groups is 2. The molecule has 34 heteroatoms. The lowest BCUT2D eigenvalue weighted by Crippen LogP contribution is -2.11. The van der Waals surface area contributed by atoms with Gasteiger partial charge in [0.25, 0.3) is 21.4 Å². The average Bonchev–Trinajstić information content (AvgIpc) is 1.77. The number of ketones is 1. The molecular weight excluding hydrogens is 1610 g/mol. The van der Waals surface area contributed by atoms with Crippen LogP contribution in [0, 0.1) is 0 Å². The third-order valence-electron chi connectivity index (χ3n) is 12.0. The molecule has 0 aliphatic carbocycles. The molecule has 5 aromatic heterocycles. The van der Waals surface area contributed by atoms with Crippen LogP contribution in [0.2, 0.25) is 40.2 Å². The molecule has 1 aliphatic rings. The van der Waals surface area contributed by atoms with Crippen molar-refractivity contribution < 1.29 is 48.5 Å². The lowest BCUT2D eigenvalue weighted by Gasteiger charge is -1.96. The van der Waals surface area contributed by atoms with E-state index in [0.717, 1.165) is 101 Å². The summed E-state index contributed by atoms with van der Waals surface area (Å²) in [6.07, 6.45) is 0. The summed E-state index contributed by atoms with van der Waals surface area (Å²) in [5, 5.41) is 24.6. The largest absolute Gasteiger partial charge is 0.476 e. The van der Waals surface area contributed by atoms with E-state index in [2.05, 4.69) is 39.2 Å². The first-order valence-electron chi connectivity index (χ1n) is 26.5. The maximum Gasteiger partial charge on any atom is 0.358 e. The third kappa shape index (κ3) is 22.9. The number of nitrogens with zero attached hydrogens (tertiary/aromatic N) is 5. The predicted molar refractivity (Wildman–Crippen MR) is 404 cm³/mol. The number of carbonyl (C=O) groups excluding carboxylic acids is 6. The molecule has 1 aliphatic heterocycles. The van der Waals surface area contributed by atoms with E-state index in [1.165, 1.54) is 59.3 Å². The quantitative estimate of drug-likeness (QED) is 0.0289. The number of carboxylic acid groups (broad SMARTS) is 1. The van der Waals surface area contributed by atoms with Gasteiger partial charge in [0, 0.05) is 87.4 Å². The molecule has 1 amide bonds. The maximum atomic E-state index is 11.3. The zero-order valence-electron chi connectivity index (χ0n) is 48.5. The minimum atomic E-state index is -1.02. The van der Waals surface area contributed by atoms with Gasteiger partial charge in [0.15, 0.2) is 11.4 Å². The molecule has 0 spiro atoms.